The zero-order valence-corrected chi connectivity index (χ0v) is 17.2. The van der Waals surface area contributed by atoms with E-state index < -0.39 is 6.10 Å². The molecule has 0 bridgehead atoms. The first-order chi connectivity index (χ1) is 14.4. The minimum atomic E-state index is -0.598. The minimum Gasteiger partial charge on any atom is -0.395 e. The first-order valence-corrected chi connectivity index (χ1v) is 10.2. The maximum atomic E-state index is 13.0. The Kier molecular flexibility index (Phi) is 5.44. The number of anilines is 3. The van der Waals surface area contributed by atoms with Gasteiger partial charge in [0.05, 0.1) is 18.1 Å². The predicted molar refractivity (Wildman–Crippen MR) is 117 cm³/mol. The van der Waals surface area contributed by atoms with Crippen molar-refractivity contribution < 1.29 is 10.2 Å². The smallest absolute Gasteiger partial charge is 0.262 e. The molecular formula is C22H27N5O3. The van der Waals surface area contributed by atoms with Crippen LogP contribution in [0, 0.1) is 0 Å². The lowest BCUT2D eigenvalue weighted by atomic mass is 9.78. The fourth-order valence-electron chi connectivity index (χ4n) is 3.77. The molecule has 1 unspecified atom stereocenters. The Morgan fingerprint density at radius 2 is 2.07 bits per heavy atom. The molecule has 0 radical (unpaired) electrons. The summed E-state index contributed by atoms with van der Waals surface area (Å²) in [5, 5.41) is 27.0. The van der Waals surface area contributed by atoms with Crippen LogP contribution in [0.2, 0.25) is 0 Å². The monoisotopic (exact) mass is 409 g/mol. The summed E-state index contributed by atoms with van der Waals surface area (Å²) in [5.74, 6) is 1.65. The normalized spacial score (nSPS) is 16.1. The second-order valence-corrected chi connectivity index (χ2v) is 8.17. The second kappa shape index (κ2) is 8.04. The quantitative estimate of drug-likeness (QED) is 0.475. The highest BCUT2D eigenvalue weighted by molar-refractivity contribution is 5.93. The summed E-state index contributed by atoms with van der Waals surface area (Å²) in [7, 11) is 0. The lowest BCUT2D eigenvalue weighted by Crippen LogP contribution is -2.42. The average molecular weight is 409 g/mol. The molecule has 0 amide bonds. The van der Waals surface area contributed by atoms with Gasteiger partial charge in [-0.3, -0.25) is 4.79 Å². The SMILES string of the molecule is CC(O)c1ccnc(Nc2cc3ccn(CCO)c(=O)c3c(NC3(C)CCC3)n2)c1. The van der Waals surface area contributed by atoms with Gasteiger partial charge in [0, 0.05) is 24.5 Å². The molecule has 1 saturated carbocycles. The zero-order chi connectivity index (χ0) is 21.3. The molecule has 4 rings (SSSR count). The molecule has 8 heteroatoms. The number of aliphatic hydroxyl groups is 2. The van der Waals surface area contributed by atoms with Crippen molar-refractivity contribution in [3.05, 3.63) is 52.6 Å². The molecule has 1 aliphatic carbocycles. The van der Waals surface area contributed by atoms with Gasteiger partial charge in [-0.05, 0) is 68.3 Å². The van der Waals surface area contributed by atoms with Gasteiger partial charge < -0.3 is 25.4 Å². The fraction of sp³-hybridized carbons (Fsp3) is 0.409. The van der Waals surface area contributed by atoms with Crippen LogP contribution in [-0.4, -0.2) is 36.9 Å². The topological polar surface area (TPSA) is 112 Å². The van der Waals surface area contributed by atoms with E-state index in [0.29, 0.717) is 22.8 Å². The van der Waals surface area contributed by atoms with Gasteiger partial charge in [-0.2, -0.15) is 0 Å². The van der Waals surface area contributed by atoms with Crippen LogP contribution in [0.25, 0.3) is 10.8 Å². The number of aromatic nitrogens is 3. The second-order valence-electron chi connectivity index (χ2n) is 8.17. The molecular weight excluding hydrogens is 382 g/mol. The maximum Gasteiger partial charge on any atom is 0.262 e. The summed E-state index contributed by atoms with van der Waals surface area (Å²) in [6.07, 6.45) is 5.90. The van der Waals surface area contributed by atoms with Crippen LogP contribution in [0.5, 0.6) is 0 Å². The van der Waals surface area contributed by atoms with Crippen LogP contribution in [0.1, 0.15) is 44.8 Å². The van der Waals surface area contributed by atoms with Gasteiger partial charge in [-0.25, -0.2) is 9.97 Å². The number of nitrogens with zero attached hydrogens (tertiary/aromatic N) is 3. The molecule has 158 valence electrons. The minimum absolute atomic E-state index is 0.0901. The third-order valence-electron chi connectivity index (χ3n) is 5.70. The summed E-state index contributed by atoms with van der Waals surface area (Å²) >= 11 is 0. The number of rotatable bonds is 7. The van der Waals surface area contributed by atoms with Crippen molar-refractivity contribution in [1.29, 1.82) is 0 Å². The molecule has 3 heterocycles. The molecule has 1 atom stereocenters. The Hall–Kier alpha value is -2.97. The fourth-order valence-corrected chi connectivity index (χ4v) is 3.77. The zero-order valence-electron chi connectivity index (χ0n) is 17.2. The molecule has 0 aliphatic heterocycles. The molecule has 3 aromatic rings. The van der Waals surface area contributed by atoms with Crippen molar-refractivity contribution in [3.63, 3.8) is 0 Å². The van der Waals surface area contributed by atoms with Crippen molar-refractivity contribution >= 4 is 28.2 Å². The Morgan fingerprint density at radius 1 is 1.27 bits per heavy atom. The van der Waals surface area contributed by atoms with Gasteiger partial charge in [-0.1, -0.05) is 0 Å². The lowest BCUT2D eigenvalue weighted by Gasteiger charge is -2.39. The Bertz CT molecular complexity index is 1120. The maximum absolute atomic E-state index is 13.0. The standard InChI is InChI=1S/C22H27N5O3/c1-14(29)15-4-8-23-17(12-15)24-18-13-16-5-9-27(10-11-28)21(30)19(16)20(25-18)26-22(2)6-3-7-22/h4-5,8-9,12-14,28-29H,3,6-7,10-11H2,1-2H3,(H2,23,24,25,26). The van der Waals surface area contributed by atoms with E-state index in [1.807, 2.05) is 12.1 Å². The summed E-state index contributed by atoms with van der Waals surface area (Å²) in [4.78, 5) is 22.0. The van der Waals surface area contributed by atoms with Gasteiger partial charge in [0.1, 0.15) is 17.5 Å². The van der Waals surface area contributed by atoms with Crippen LogP contribution >= 0.6 is 0 Å². The van der Waals surface area contributed by atoms with Gasteiger partial charge in [0.25, 0.3) is 5.56 Å². The lowest BCUT2D eigenvalue weighted by molar-refractivity contribution is 0.199. The number of pyridine rings is 3. The summed E-state index contributed by atoms with van der Waals surface area (Å²) < 4.78 is 1.50. The molecule has 8 nitrogen and oxygen atoms in total. The molecule has 0 saturated heterocycles. The predicted octanol–water partition coefficient (Wildman–Crippen LogP) is 2.94. The van der Waals surface area contributed by atoms with E-state index in [1.165, 1.54) is 4.57 Å². The third kappa shape index (κ3) is 4.01. The van der Waals surface area contributed by atoms with Crippen molar-refractivity contribution in [3.8, 4) is 0 Å². The Labute approximate surface area is 174 Å². The average Bonchev–Trinajstić information content (AvgIpc) is 2.69. The van der Waals surface area contributed by atoms with E-state index in [-0.39, 0.29) is 24.2 Å². The van der Waals surface area contributed by atoms with Crippen LogP contribution in [-0.2, 0) is 6.54 Å². The van der Waals surface area contributed by atoms with Crippen molar-refractivity contribution in [1.82, 2.24) is 14.5 Å². The van der Waals surface area contributed by atoms with Gasteiger partial charge >= 0.3 is 0 Å². The largest absolute Gasteiger partial charge is 0.395 e. The highest BCUT2D eigenvalue weighted by Crippen LogP contribution is 2.36. The molecule has 3 aromatic heterocycles. The highest BCUT2D eigenvalue weighted by atomic mass is 16.3. The summed E-state index contributed by atoms with van der Waals surface area (Å²) in [6.45, 7) is 3.96. The molecule has 30 heavy (non-hydrogen) atoms. The first-order valence-electron chi connectivity index (χ1n) is 10.2. The van der Waals surface area contributed by atoms with E-state index in [4.69, 9.17) is 4.98 Å². The molecule has 4 N–H and O–H groups in total. The van der Waals surface area contributed by atoms with E-state index >= 15 is 0 Å². The number of aliphatic hydroxyl groups excluding tert-OH is 2. The van der Waals surface area contributed by atoms with Crippen molar-refractivity contribution in [2.75, 3.05) is 17.2 Å². The van der Waals surface area contributed by atoms with E-state index in [9.17, 15) is 15.0 Å². The number of nitrogens with one attached hydrogen (secondary N) is 2. The van der Waals surface area contributed by atoms with Crippen molar-refractivity contribution in [2.24, 2.45) is 0 Å². The highest BCUT2D eigenvalue weighted by Gasteiger charge is 2.32. The van der Waals surface area contributed by atoms with E-state index in [1.54, 1.807) is 31.5 Å². The van der Waals surface area contributed by atoms with Crippen LogP contribution < -0.4 is 16.2 Å². The van der Waals surface area contributed by atoms with E-state index in [2.05, 4.69) is 22.5 Å². The number of hydrogen-bond donors (Lipinski definition) is 4. The molecule has 0 aromatic carbocycles. The van der Waals surface area contributed by atoms with Crippen molar-refractivity contribution in [2.45, 2.75) is 51.3 Å². The van der Waals surface area contributed by atoms with Crippen LogP contribution in [0.3, 0.4) is 0 Å². The molecule has 0 spiro atoms. The van der Waals surface area contributed by atoms with Gasteiger partial charge in [0.15, 0.2) is 0 Å². The van der Waals surface area contributed by atoms with E-state index in [0.717, 1.165) is 30.2 Å². The third-order valence-corrected chi connectivity index (χ3v) is 5.70. The number of hydrogen-bond acceptors (Lipinski definition) is 7. The number of fused-ring (bicyclic) bond motifs is 1. The van der Waals surface area contributed by atoms with Crippen LogP contribution in [0.15, 0.2) is 41.5 Å². The van der Waals surface area contributed by atoms with Gasteiger partial charge in [-0.15, -0.1) is 0 Å². The molecule has 1 fully saturated rings. The Balaban J connectivity index is 1.78. The van der Waals surface area contributed by atoms with Gasteiger partial charge in [0.2, 0.25) is 0 Å². The molecule has 1 aliphatic rings. The summed E-state index contributed by atoms with van der Waals surface area (Å²) in [6, 6.07) is 7.20. The summed E-state index contributed by atoms with van der Waals surface area (Å²) in [5.41, 5.74) is 0.480. The Morgan fingerprint density at radius 3 is 2.73 bits per heavy atom. The first kappa shape index (κ1) is 20.3. The van der Waals surface area contributed by atoms with Crippen LogP contribution in [0.4, 0.5) is 17.5 Å².